The lowest BCUT2D eigenvalue weighted by Crippen LogP contribution is -2.34. The van der Waals surface area contributed by atoms with Crippen LogP contribution in [-0.2, 0) is 9.53 Å². The van der Waals surface area contributed by atoms with E-state index in [9.17, 15) is 4.79 Å². The SMILES string of the molecule is CC(CN)C(=O)NCCCOC1CCCCC1.Cl. The first-order chi connectivity index (χ1) is 8.24. The highest BCUT2D eigenvalue weighted by molar-refractivity contribution is 5.85. The highest BCUT2D eigenvalue weighted by atomic mass is 35.5. The van der Waals surface area contributed by atoms with Gasteiger partial charge in [0, 0.05) is 25.6 Å². The molecule has 1 aliphatic carbocycles. The van der Waals surface area contributed by atoms with E-state index in [0.717, 1.165) is 13.0 Å². The smallest absolute Gasteiger partial charge is 0.224 e. The van der Waals surface area contributed by atoms with Gasteiger partial charge in [-0.3, -0.25) is 4.79 Å². The van der Waals surface area contributed by atoms with Gasteiger partial charge in [-0.05, 0) is 19.3 Å². The van der Waals surface area contributed by atoms with Gasteiger partial charge in [0.05, 0.1) is 6.10 Å². The van der Waals surface area contributed by atoms with Crippen LogP contribution in [0.15, 0.2) is 0 Å². The largest absolute Gasteiger partial charge is 0.378 e. The minimum Gasteiger partial charge on any atom is -0.378 e. The first-order valence-electron chi connectivity index (χ1n) is 6.83. The third-order valence-corrected chi connectivity index (χ3v) is 3.33. The molecule has 0 radical (unpaired) electrons. The molecule has 1 saturated carbocycles. The number of nitrogens with two attached hydrogens (primary N) is 1. The minimum absolute atomic E-state index is 0. The summed E-state index contributed by atoms with van der Waals surface area (Å²) in [5.74, 6) is -0.0422. The van der Waals surface area contributed by atoms with Crippen molar-refractivity contribution in [3.63, 3.8) is 0 Å². The van der Waals surface area contributed by atoms with Crippen LogP contribution in [0.1, 0.15) is 45.4 Å². The van der Waals surface area contributed by atoms with E-state index in [1.807, 2.05) is 6.92 Å². The Morgan fingerprint density at radius 2 is 2.06 bits per heavy atom. The molecule has 5 heteroatoms. The molecule has 1 unspecified atom stereocenters. The maximum atomic E-state index is 11.4. The van der Waals surface area contributed by atoms with Crippen LogP contribution in [0.5, 0.6) is 0 Å². The Morgan fingerprint density at radius 1 is 1.39 bits per heavy atom. The van der Waals surface area contributed by atoms with Crippen LogP contribution in [0.3, 0.4) is 0 Å². The second-order valence-corrected chi connectivity index (χ2v) is 4.91. The Balaban J connectivity index is 0.00000289. The zero-order valence-corrected chi connectivity index (χ0v) is 12.1. The Labute approximate surface area is 116 Å². The van der Waals surface area contributed by atoms with Gasteiger partial charge in [-0.25, -0.2) is 0 Å². The van der Waals surface area contributed by atoms with Gasteiger partial charge in [0.2, 0.25) is 5.91 Å². The van der Waals surface area contributed by atoms with Crippen LogP contribution in [-0.4, -0.2) is 31.7 Å². The number of nitrogens with one attached hydrogen (secondary N) is 1. The van der Waals surface area contributed by atoms with Crippen molar-refractivity contribution in [2.24, 2.45) is 11.7 Å². The van der Waals surface area contributed by atoms with Gasteiger partial charge in [-0.1, -0.05) is 26.2 Å². The molecule has 0 heterocycles. The highest BCUT2D eigenvalue weighted by Crippen LogP contribution is 2.20. The molecule has 1 aliphatic rings. The molecular formula is C13H27ClN2O2. The molecule has 1 atom stereocenters. The van der Waals surface area contributed by atoms with Crippen molar-refractivity contribution < 1.29 is 9.53 Å². The van der Waals surface area contributed by atoms with E-state index in [4.69, 9.17) is 10.5 Å². The fourth-order valence-corrected chi connectivity index (χ4v) is 2.05. The van der Waals surface area contributed by atoms with Crippen LogP contribution >= 0.6 is 12.4 Å². The van der Waals surface area contributed by atoms with Crippen LogP contribution < -0.4 is 11.1 Å². The number of carbonyl (C=O) groups excluding carboxylic acids is 1. The van der Waals surface area contributed by atoms with Crippen LogP contribution in [0, 0.1) is 5.92 Å². The van der Waals surface area contributed by atoms with Crippen molar-refractivity contribution in [1.82, 2.24) is 5.32 Å². The number of carbonyl (C=O) groups is 1. The maximum absolute atomic E-state index is 11.4. The molecule has 0 aromatic rings. The van der Waals surface area contributed by atoms with Gasteiger partial charge in [0.25, 0.3) is 0 Å². The molecular weight excluding hydrogens is 252 g/mol. The standard InChI is InChI=1S/C13H26N2O2.ClH/c1-11(10-14)13(16)15-8-5-9-17-12-6-3-2-4-7-12;/h11-12H,2-10,14H2,1H3,(H,15,16);1H. The highest BCUT2D eigenvalue weighted by Gasteiger charge is 2.13. The predicted octanol–water partition coefficient (Wildman–Crippen LogP) is 1.86. The van der Waals surface area contributed by atoms with E-state index in [1.165, 1.54) is 32.1 Å². The summed E-state index contributed by atoms with van der Waals surface area (Å²) in [4.78, 5) is 11.4. The van der Waals surface area contributed by atoms with E-state index in [2.05, 4.69) is 5.32 Å². The van der Waals surface area contributed by atoms with E-state index in [1.54, 1.807) is 0 Å². The van der Waals surface area contributed by atoms with Crippen LogP contribution in [0.4, 0.5) is 0 Å². The summed E-state index contributed by atoms with van der Waals surface area (Å²) in [5.41, 5.74) is 5.42. The molecule has 0 bridgehead atoms. The summed E-state index contributed by atoms with van der Waals surface area (Å²) in [6, 6.07) is 0. The fourth-order valence-electron chi connectivity index (χ4n) is 2.05. The van der Waals surface area contributed by atoms with Gasteiger partial charge in [-0.2, -0.15) is 0 Å². The molecule has 0 spiro atoms. The predicted molar refractivity (Wildman–Crippen MR) is 75.9 cm³/mol. The molecule has 0 aliphatic heterocycles. The van der Waals surface area contributed by atoms with Crippen LogP contribution in [0.2, 0.25) is 0 Å². The second-order valence-electron chi connectivity index (χ2n) is 4.91. The second kappa shape index (κ2) is 10.6. The summed E-state index contributed by atoms with van der Waals surface area (Å²) in [6.45, 7) is 3.69. The Morgan fingerprint density at radius 3 is 2.67 bits per heavy atom. The van der Waals surface area contributed by atoms with Crippen molar-refractivity contribution >= 4 is 18.3 Å². The van der Waals surface area contributed by atoms with E-state index >= 15 is 0 Å². The Hall–Kier alpha value is -0.320. The Kier molecular flexibility index (Phi) is 10.4. The number of ether oxygens (including phenoxy) is 1. The number of hydrogen-bond acceptors (Lipinski definition) is 3. The van der Waals surface area contributed by atoms with Gasteiger partial charge >= 0.3 is 0 Å². The molecule has 18 heavy (non-hydrogen) atoms. The lowest BCUT2D eigenvalue weighted by molar-refractivity contribution is -0.124. The zero-order valence-electron chi connectivity index (χ0n) is 11.3. The molecule has 4 nitrogen and oxygen atoms in total. The van der Waals surface area contributed by atoms with Crippen molar-refractivity contribution in [2.75, 3.05) is 19.7 Å². The summed E-state index contributed by atoms with van der Waals surface area (Å²) in [6.07, 6.45) is 7.71. The number of amides is 1. The number of rotatable bonds is 7. The number of halogens is 1. The fraction of sp³-hybridized carbons (Fsp3) is 0.923. The van der Waals surface area contributed by atoms with Crippen molar-refractivity contribution in [3.05, 3.63) is 0 Å². The summed E-state index contributed by atoms with van der Waals surface area (Å²) >= 11 is 0. The first kappa shape index (κ1) is 17.7. The maximum Gasteiger partial charge on any atom is 0.224 e. The molecule has 1 fully saturated rings. The minimum atomic E-state index is -0.0886. The topological polar surface area (TPSA) is 64.4 Å². The molecule has 0 aromatic heterocycles. The monoisotopic (exact) mass is 278 g/mol. The first-order valence-corrected chi connectivity index (χ1v) is 6.83. The molecule has 1 amide bonds. The average Bonchev–Trinajstić information content (AvgIpc) is 2.38. The van der Waals surface area contributed by atoms with Gasteiger partial charge in [0.1, 0.15) is 0 Å². The van der Waals surface area contributed by atoms with E-state index in [0.29, 0.717) is 19.2 Å². The summed E-state index contributed by atoms with van der Waals surface area (Å²) in [5, 5.41) is 2.87. The van der Waals surface area contributed by atoms with Crippen molar-refractivity contribution in [2.45, 2.75) is 51.6 Å². The normalized spacial score (nSPS) is 17.9. The molecule has 3 N–H and O–H groups in total. The number of hydrogen-bond donors (Lipinski definition) is 2. The van der Waals surface area contributed by atoms with E-state index < -0.39 is 0 Å². The molecule has 0 aromatic carbocycles. The van der Waals surface area contributed by atoms with Gasteiger partial charge in [-0.15, -0.1) is 12.4 Å². The summed E-state index contributed by atoms with van der Waals surface area (Å²) < 4.78 is 5.78. The van der Waals surface area contributed by atoms with E-state index in [-0.39, 0.29) is 24.2 Å². The molecule has 1 rings (SSSR count). The average molecular weight is 279 g/mol. The quantitative estimate of drug-likeness (QED) is 0.699. The molecule has 0 saturated heterocycles. The van der Waals surface area contributed by atoms with Gasteiger partial charge in [0.15, 0.2) is 0 Å². The summed E-state index contributed by atoms with van der Waals surface area (Å²) in [7, 11) is 0. The lowest BCUT2D eigenvalue weighted by Gasteiger charge is -2.22. The van der Waals surface area contributed by atoms with Crippen LogP contribution in [0.25, 0.3) is 0 Å². The third kappa shape index (κ3) is 7.19. The lowest BCUT2D eigenvalue weighted by atomic mass is 9.98. The molecule has 108 valence electrons. The third-order valence-electron chi connectivity index (χ3n) is 3.33. The zero-order chi connectivity index (χ0) is 12.5. The van der Waals surface area contributed by atoms with Gasteiger partial charge < -0.3 is 15.8 Å². The van der Waals surface area contributed by atoms with Crippen molar-refractivity contribution in [1.29, 1.82) is 0 Å². The van der Waals surface area contributed by atoms with Crippen molar-refractivity contribution in [3.8, 4) is 0 Å². The Bertz CT molecular complexity index is 221.